The Kier molecular flexibility index (Phi) is 2.08. The number of rotatable bonds is 0. The molecule has 1 N–H and O–H groups in total. The van der Waals surface area contributed by atoms with E-state index in [1.807, 2.05) is 24.3 Å². The SMILES string of the molecule is O=c1cc2cncc-2c2[nH]c3c4nc5ccccc5c-4cc(=O)c3c12. The summed E-state index contributed by atoms with van der Waals surface area (Å²) in [7, 11) is 0. The Labute approximate surface area is 139 Å². The number of nitrogens with one attached hydrogen (secondary N) is 1. The van der Waals surface area contributed by atoms with Gasteiger partial charge in [0.05, 0.1) is 33.0 Å². The number of aromatic nitrogens is 3. The molecule has 0 radical (unpaired) electrons. The van der Waals surface area contributed by atoms with Crippen LogP contribution < -0.4 is 10.9 Å². The first-order valence-electron chi connectivity index (χ1n) is 7.93. The highest BCUT2D eigenvalue weighted by molar-refractivity contribution is 6.18. The molecule has 25 heavy (non-hydrogen) atoms. The highest BCUT2D eigenvalue weighted by atomic mass is 16.1. The van der Waals surface area contributed by atoms with Crippen molar-refractivity contribution in [2.45, 2.75) is 0 Å². The Bertz CT molecular complexity index is 1480. The Balaban J connectivity index is 1.95. The van der Waals surface area contributed by atoms with Crippen LogP contribution in [-0.2, 0) is 0 Å². The molecule has 6 rings (SSSR count). The van der Waals surface area contributed by atoms with Crippen LogP contribution in [0.25, 0.3) is 55.1 Å². The largest absolute Gasteiger partial charge is 0.352 e. The predicted molar refractivity (Wildman–Crippen MR) is 97.1 cm³/mol. The summed E-state index contributed by atoms with van der Waals surface area (Å²) >= 11 is 0. The van der Waals surface area contributed by atoms with Gasteiger partial charge in [0.1, 0.15) is 0 Å². The van der Waals surface area contributed by atoms with E-state index in [1.54, 1.807) is 18.5 Å². The van der Waals surface area contributed by atoms with Crippen molar-refractivity contribution in [2.75, 3.05) is 0 Å². The molecule has 0 fully saturated rings. The van der Waals surface area contributed by atoms with E-state index in [9.17, 15) is 9.59 Å². The number of aromatic amines is 1. The van der Waals surface area contributed by atoms with Gasteiger partial charge in [0.2, 0.25) is 0 Å². The lowest BCUT2D eigenvalue weighted by atomic mass is 10.0. The minimum atomic E-state index is -0.172. The van der Waals surface area contributed by atoms with Crippen molar-refractivity contribution >= 4 is 32.7 Å². The average Bonchev–Trinajstić information content (AvgIpc) is 3.29. The van der Waals surface area contributed by atoms with Crippen molar-refractivity contribution in [1.82, 2.24) is 15.0 Å². The van der Waals surface area contributed by atoms with Crippen LogP contribution >= 0.6 is 0 Å². The second-order valence-electron chi connectivity index (χ2n) is 6.31. The van der Waals surface area contributed by atoms with Gasteiger partial charge in [-0.05, 0) is 18.2 Å². The van der Waals surface area contributed by atoms with Crippen molar-refractivity contribution in [3.63, 3.8) is 0 Å². The van der Waals surface area contributed by atoms with Gasteiger partial charge in [0.25, 0.3) is 0 Å². The van der Waals surface area contributed by atoms with Gasteiger partial charge in [-0.15, -0.1) is 0 Å². The van der Waals surface area contributed by atoms with Crippen LogP contribution in [0, 0.1) is 0 Å². The standard InChI is InChI=1S/C20H9N3O2/c24-14-5-9-7-21-8-12(9)18-16(14)17-15(25)6-11-10-3-1-2-4-13(10)22-19(11)20(17)23-18/h1-8,23H. The van der Waals surface area contributed by atoms with Crippen LogP contribution in [0.1, 0.15) is 0 Å². The quantitative estimate of drug-likeness (QED) is 0.466. The first-order chi connectivity index (χ1) is 12.2. The lowest BCUT2D eigenvalue weighted by molar-refractivity contribution is 1.42. The summed E-state index contributed by atoms with van der Waals surface area (Å²) in [6, 6.07) is 10.9. The Morgan fingerprint density at radius 1 is 0.840 bits per heavy atom. The molecule has 0 bridgehead atoms. The third-order valence-corrected chi connectivity index (χ3v) is 4.97. The molecule has 5 heteroatoms. The van der Waals surface area contributed by atoms with E-state index >= 15 is 0 Å². The molecule has 0 atom stereocenters. The monoisotopic (exact) mass is 323 g/mol. The van der Waals surface area contributed by atoms with Crippen molar-refractivity contribution < 1.29 is 0 Å². The molecule has 116 valence electrons. The van der Waals surface area contributed by atoms with E-state index in [4.69, 9.17) is 0 Å². The maximum absolute atomic E-state index is 12.8. The summed E-state index contributed by atoms with van der Waals surface area (Å²) in [5.74, 6) is 0. The van der Waals surface area contributed by atoms with Crippen LogP contribution in [-0.4, -0.2) is 15.0 Å². The van der Waals surface area contributed by atoms with Gasteiger partial charge in [0, 0.05) is 34.5 Å². The number of benzene rings is 3. The predicted octanol–water partition coefficient (Wildman–Crippen LogP) is 3.07. The number of H-pyrrole nitrogens is 1. The van der Waals surface area contributed by atoms with Crippen LogP contribution in [0.2, 0.25) is 0 Å². The summed E-state index contributed by atoms with van der Waals surface area (Å²) in [5.41, 5.74) is 4.93. The van der Waals surface area contributed by atoms with E-state index in [0.29, 0.717) is 21.8 Å². The Hall–Kier alpha value is -3.60. The van der Waals surface area contributed by atoms with E-state index < -0.39 is 0 Å². The maximum Gasteiger partial charge on any atom is 0.189 e. The number of hydrogen-bond acceptors (Lipinski definition) is 4. The molecular weight excluding hydrogens is 314 g/mol. The lowest BCUT2D eigenvalue weighted by Crippen LogP contribution is -2.05. The van der Waals surface area contributed by atoms with Crippen molar-refractivity contribution in [2.24, 2.45) is 0 Å². The number of fused-ring (bicyclic) bond motifs is 9. The molecule has 3 heterocycles. The summed E-state index contributed by atoms with van der Waals surface area (Å²) in [5, 5.41) is 1.78. The molecule has 0 saturated carbocycles. The molecule has 2 aliphatic carbocycles. The smallest absolute Gasteiger partial charge is 0.189 e. The first-order valence-corrected chi connectivity index (χ1v) is 7.93. The molecule has 0 amide bonds. The molecule has 1 aromatic heterocycles. The van der Waals surface area contributed by atoms with Crippen LogP contribution in [0.4, 0.5) is 0 Å². The molecule has 2 aliphatic heterocycles. The molecule has 0 unspecified atom stereocenters. The zero-order valence-corrected chi connectivity index (χ0v) is 12.8. The summed E-state index contributed by atoms with van der Waals surface area (Å²) < 4.78 is 0. The van der Waals surface area contributed by atoms with Gasteiger partial charge in [-0.2, -0.15) is 0 Å². The average molecular weight is 323 g/mol. The summed E-state index contributed by atoms with van der Waals surface area (Å²) in [6.45, 7) is 0. The molecule has 2 aromatic rings. The topological polar surface area (TPSA) is 75.7 Å². The van der Waals surface area contributed by atoms with E-state index in [2.05, 4.69) is 15.0 Å². The normalized spacial score (nSPS) is 12.3. The fraction of sp³-hybridized carbons (Fsp3) is 0. The summed E-state index contributed by atoms with van der Waals surface area (Å²) in [4.78, 5) is 37.6. The molecule has 0 saturated heterocycles. The Morgan fingerprint density at radius 2 is 1.64 bits per heavy atom. The van der Waals surface area contributed by atoms with Crippen LogP contribution in [0.3, 0.4) is 0 Å². The van der Waals surface area contributed by atoms with Crippen LogP contribution in [0.5, 0.6) is 0 Å². The zero-order chi connectivity index (χ0) is 16.7. The maximum atomic E-state index is 12.8. The fourth-order valence-corrected chi connectivity index (χ4v) is 3.89. The third-order valence-electron chi connectivity index (χ3n) is 4.97. The van der Waals surface area contributed by atoms with Crippen molar-refractivity contribution in [1.29, 1.82) is 0 Å². The van der Waals surface area contributed by atoms with Gasteiger partial charge in [-0.1, -0.05) is 18.2 Å². The minimum absolute atomic E-state index is 0.164. The first kappa shape index (κ1) is 12.8. The van der Waals surface area contributed by atoms with Gasteiger partial charge >= 0.3 is 0 Å². The lowest BCUT2D eigenvalue weighted by Gasteiger charge is -1.98. The van der Waals surface area contributed by atoms with E-state index in [-0.39, 0.29) is 10.9 Å². The second-order valence-corrected chi connectivity index (χ2v) is 6.31. The third kappa shape index (κ3) is 1.43. The van der Waals surface area contributed by atoms with Crippen molar-refractivity contribution in [3.05, 3.63) is 69.2 Å². The highest BCUT2D eigenvalue weighted by Gasteiger charge is 2.23. The minimum Gasteiger partial charge on any atom is -0.352 e. The molecule has 0 spiro atoms. The van der Waals surface area contributed by atoms with Crippen molar-refractivity contribution in [3.8, 4) is 22.4 Å². The number of nitrogens with zero attached hydrogens (tertiary/aromatic N) is 2. The molecule has 5 nitrogen and oxygen atoms in total. The van der Waals surface area contributed by atoms with Gasteiger partial charge in [-0.3, -0.25) is 14.6 Å². The number of hydrogen-bond donors (Lipinski definition) is 1. The summed E-state index contributed by atoms with van der Waals surface area (Å²) in [6.07, 6.45) is 3.37. The number of para-hydroxylation sites is 1. The van der Waals surface area contributed by atoms with Gasteiger partial charge in [0.15, 0.2) is 10.9 Å². The van der Waals surface area contributed by atoms with E-state index in [1.165, 1.54) is 6.07 Å². The van der Waals surface area contributed by atoms with Gasteiger partial charge in [-0.25, -0.2) is 4.98 Å². The second kappa shape index (κ2) is 4.08. The zero-order valence-electron chi connectivity index (χ0n) is 12.8. The molecule has 1 aromatic carbocycles. The van der Waals surface area contributed by atoms with Gasteiger partial charge < -0.3 is 4.98 Å². The molecular formula is C20H9N3O2. The van der Waals surface area contributed by atoms with E-state index in [0.717, 1.165) is 33.3 Å². The Morgan fingerprint density at radius 3 is 2.56 bits per heavy atom. The highest BCUT2D eigenvalue weighted by Crippen LogP contribution is 2.38. The fourth-order valence-electron chi connectivity index (χ4n) is 3.89. The van der Waals surface area contributed by atoms with Crippen LogP contribution in [0.15, 0.2) is 58.4 Å². The molecule has 4 aliphatic rings.